The van der Waals surface area contributed by atoms with Gasteiger partial charge in [0.25, 0.3) is 5.91 Å². The van der Waals surface area contributed by atoms with Crippen molar-refractivity contribution in [3.05, 3.63) is 42.5 Å². The predicted molar refractivity (Wildman–Crippen MR) is 99.7 cm³/mol. The summed E-state index contributed by atoms with van der Waals surface area (Å²) >= 11 is 0. The van der Waals surface area contributed by atoms with E-state index in [0.29, 0.717) is 23.7 Å². The molecule has 0 bridgehead atoms. The van der Waals surface area contributed by atoms with Gasteiger partial charge in [-0.3, -0.25) is 14.4 Å². The quantitative estimate of drug-likeness (QED) is 0.797. The van der Waals surface area contributed by atoms with Crippen LogP contribution in [-0.2, 0) is 9.59 Å². The number of anilines is 1. The molecule has 2 N–H and O–H groups in total. The number of hydrogen-bond acceptors (Lipinski definition) is 3. The zero-order valence-electron chi connectivity index (χ0n) is 14.9. The minimum atomic E-state index is -0.346. The van der Waals surface area contributed by atoms with Crippen LogP contribution in [0.2, 0.25) is 0 Å². The van der Waals surface area contributed by atoms with E-state index in [1.54, 1.807) is 24.3 Å². The highest BCUT2D eigenvalue weighted by molar-refractivity contribution is 6.06. The lowest BCUT2D eigenvalue weighted by molar-refractivity contribution is -0.130. The average molecular weight is 355 g/mol. The van der Waals surface area contributed by atoms with Crippen LogP contribution in [-0.4, -0.2) is 41.2 Å². The van der Waals surface area contributed by atoms with Crippen LogP contribution >= 0.6 is 0 Å². The van der Waals surface area contributed by atoms with Crippen molar-refractivity contribution in [2.45, 2.75) is 50.6 Å². The van der Waals surface area contributed by atoms with E-state index >= 15 is 0 Å². The molecule has 3 amide bonds. The number of rotatable bonds is 5. The minimum absolute atomic E-state index is 0.0969. The third-order valence-corrected chi connectivity index (χ3v) is 5.20. The van der Waals surface area contributed by atoms with Crippen molar-refractivity contribution in [2.75, 3.05) is 11.9 Å². The number of nitrogens with zero attached hydrogens (tertiary/aromatic N) is 1. The molecule has 1 aromatic carbocycles. The number of benzene rings is 1. The first-order valence-electron chi connectivity index (χ1n) is 9.21. The molecule has 6 nitrogen and oxygen atoms in total. The number of amides is 3. The standard InChI is InChI=1S/C20H25N3O3/c1-2-18(24)22-17-7-4-3-6-16(17)20(26)21-14-9-11-15(12-10-14)23-13-5-8-19(23)25/h2-4,6-7,14-15H,1,5,8-13H2,(H,21,26)(H,22,24). The fourth-order valence-corrected chi connectivity index (χ4v) is 3.82. The summed E-state index contributed by atoms with van der Waals surface area (Å²) in [4.78, 5) is 38.1. The van der Waals surface area contributed by atoms with Gasteiger partial charge in [-0.25, -0.2) is 0 Å². The van der Waals surface area contributed by atoms with E-state index in [1.807, 2.05) is 4.90 Å². The summed E-state index contributed by atoms with van der Waals surface area (Å²) < 4.78 is 0. The van der Waals surface area contributed by atoms with E-state index in [0.717, 1.165) is 38.6 Å². The Balaban J connectivity index is 1.57. The van der Waals surface area contributed by atoms with Crippen molar-refractivity contribution in [2.24, 2.45) is 0 Å². The van der Waals surface area contributed by atoms with Crippen LogP contribution in [0.5, 0.6) is 0 Å². The number of carbonyl (C=O) groups is 3. The summed E-state index contributed by atoms with van der Waals surface area (Å²) in [6, 6.07) is 7.36. The summed E-state index contributed by atoms with van der Waals surface area (Å²) in [5.41, 5.74) is 0.922. The second-order valence-corrected chi connectivity index (χ2v) is 6.91. The fourth-order valence-electron chi connectivity index (χ4n) is 3.82. The van der Waals surface area contributed by atoms with Gasteiger partial charge < -0.3 is 15.5 Å². The first-order valence-corrected chi connectivity index (χ1v) is 9.21. The van der Waals surface area contributed by atoms with Crippen molar-refractivity contribution in [3.63, 3.8) is 0 Å². The summed E-state index contributed by atoms with van der Waals surface area (Å²) in [6.45, 7) is 4.30. The average Bonchev–Trinajstić information content (AvgIpc) is 3.08. The Morgan fingerprint density at radius 1 is 1.15 bits per heavy atom. The zero-order valence-corrected chi connectivity index (χ0v) is 14.9. The summed E-state index contributed by atoms with van der Waals surface area (Å²) in [5, 5.41) is 5.74. The first kappa shape index (κ1) is 18.2. The molecule has 2 aliphatic rings. The largest absolute Gasteiger partial charge is 0.349 e. The van der Waals surface area contributed by atoms with Crippen LogP contribution < -0.4 is 10.6 Å². The number of para-hydroxylation sites is 1. The molecule has 0 atom stereocenters. The van der Waals surface area contributed by atoms with E-state index in [1.165, 1.54) is 6.08 Å². The molecule has 1 saturated carbocycles. The molecule has 1 aliphatic carbocycles. The number of carbonyl (C=O) groups excluding carboxylic acids is 3. The van der Waals surface area contributed by atoms with Crippen LogP contribution in [0.15, 0.2) is 36.9 Å². The molecule has 138 valence electrons. The van der Waals surface area contributed by atoms with Gasteiger partial charge in [0.1, 0.15) is 0 Å². The van der Waals surface area contributed by atoms with Gasteiger partial charge >= 0.3 is 0 Å². The maximum atomic E-state index is 12.6. The highest BCUT2D eigenvalue weighted by Crippen LogP contribution is 2.27. The number of hydrogen-bond donors (Lipinski definition) is 2. The topological polar surface area (TPSA) is 78.5 Å². The molecule has 0 unspecified atom stereocenters. The Morgan fingerprint density at radius 3 is 2.54 bits per heavy atom. The van der Waals surface area contributed by atoms with Crippen molar-refractivity contribution in [1.29, 1.82) is 0 Å². The molecular formula is C20H25N3O3. The Hall–Kier alpha value is -2.63. The first-order chi connectivity index (χ1) is 12.6. The zero-order chi connectivity index (χ0) is 18.5. The third kappa shape index (κ3) is 4.12. The van der Waals surface area contributed by atoms with Crippen molar-refractivity contribution >= 4 is 23.4 Å². The SMILES string of the molecule is C=CC(=O)Nc1ccccc1C(=O)NC1CCC(N2CCCC2=O)CC1. The molecule has 0 radical (unpaired) electrons. The molecule has 3 rings (SSSR count). The molecule has 0 aromatic heterocycles. The van der Waals surface area contributed by atoms with Crippen LogP contribution in [0.4, 0.5) is 5.69 Å². The molecule has 1 aromatic rings. The predicted octanol–water partition coefficient (Wildman–Crippen LogP) is 2.47. The van der Waals surface area contributed by atoms with Gasteiger partial charge in [-0.15, -0.1) is 0 Å². The van der Waals surface area contributed by atoms with Gasteiger partial charge in [0.15, 0.2) is 0 Å². The molecule has 1 heterocycles. The molecule has 1 aliphatic heterocycles. The van der Waals surface area contributed by atoms with E-state index in [-0.39, 0.29) is 23.8 Å². The van der Waals surface area contributed by atoms with E-state index in [4.69, 9.17) is 0 Å². The lowest BCUT2D eigenvalue weighted by Gasteiger charge is -2.35. The molecule has 6 heteroatoms. The van der Waals surface area contributed by atoms with Crippen LogP contribution in [0, 0.1) is 0 Å². The van der Waals surface area contributed by atoms with Gasteiger partial charge in [-0.2, -0.15) is 0 Å². The van der Waals surface area contributed by atoms with E-state index < -0.39 is 0 Å². The van der Waals surface area contributed by atoms with Gasteiger partial charge in [0.2, 0.25) is 11.8 Å². The maximum Gasteiger partial charge on any atom is 0.253 e. The third-order valence-electron chi connectivity index (χ3n) is 5.20. The highest BCUT2D eigenvalue weighted by Gasteiger charge is 2.31. The Kier molecular flexibility index (Phi) is 5.71. The van der Waals surface area contributed by atoms with Crippen molar-refractivity contribution in [1.82, 2.24) is 10.2 Å². The minimum Gasteiger partial charge on any atom is -0.349 e. The molecular weight excluding hydrogens is 330 g/mol. The lowest BCUT2D eigenvalue weighted by atomic mass is 9.90. The monoisotopic (exact) mass is 355 g/mol. The molecule has 0 spiro atoms. The second-order valence-electron chi connectivity index (χ2n) is 6.91. The molecule has 1 saturated heterocycles. The van der Waals surface area contributed by atoms with Gasteiger partial charge in [-0.1, -0.05) is 18.7 Å². The maximum absolute atomic E-state index is 12.6. The number of likely N-dealkylation sites (tertiary alicyclic amines) is 1. The Bertz CT molecular complexity index is 708. The molecule has 2 fully saturated rings. The summed E-state index contributed by atoms with van der Waals surface area (Å²) in [5.74, 6) is -0.268. The Morgan fingerprint density at radius 2 is 1.88 bits per heavy atom. The van der Waals surface area contributed by atoms with E-state index in [9.17, 15) is 14.4 Å². The van der Waals surface area contributed by atoms with Gasteiger partial charge in [-0.05, 0) is 50.3 Å². The van der Waals surface area contributed by atoms with Gasteiger partial charge in [0, 0.05) is 25.0 Å². The van der Waals surface area contributed by atoms with Crippen LogP contribution in [0.25, 0.3) is 0 Å². The van der Waals surface area contributed by atoms with Crippen LogP contribution in [0.3, 0.4) is 0 Å². The van der Waals surface area contributed by atoms with Crippen molar-refractivity contribution < 1.29 is 14.4 Å². The normalized spacial score (nSPS) is 22.8. The smallest absolute Gasteiger partial charge is 0.253 e. The summed E-state index contributed by atoms with van der Waals surface area (Å²) in [7, 11) is 0. The second kappa shape index (κ2) is 8.17. The van der Waals surface area contributed by atoms with Gasteiger partial charge in [0.05, 0.1) is 11.3 Å². The highest BCUT2D eigenvalue weighted by atomic mass is 16.2. The summed E-state index contributed by atoms with van der Waals surface area (Å²) in [6.07, 6.45) is 6.38. The van der Waals surface area contributed by atoms with Crippen LogP contribution in [0.1, 0.15) is 48.9 Å². The van der Waals surface area contributed by atoms with E-state index in [2.05, 4.69) is 17.2 Å². The number of nitrogens with one attached hydrogen (secondary N) is 2. The Labute approximate surface area is 153 Å². The van der Waals surface area contributed by atoms with Crippen molar-refractivity contribution in [3.8, 4) is 0 Å². The fraction of sp³-hybridized carbons (Fsp3) is 0.450. The molecule has 26 heavy (non-hydrogen) atoms. The lowest BCUT2D eigenvalue weighted by Crippen LogP contribution is -2.44.